The molecule has 1 atom stereocenters. The van der Waals surface area contributed by atoms with Crippen LogP contribution in [0.25, 0.3) is 6.08 Å². The fourth-order valence-electron chi connectivity index (χ4n) is 1.75. The molecule has 1 aromatic carbocycles. The van der Waals surface area contributed by atoms with Crippen molar-refractivity contribution in [3.63, 3.8) is 0 Å². The summed E-state index contributed by atoms with van der Waals surface area (Å²) >= 11 is 11.7. The fraction of sp³-hybridized carbons (Fsp3) is 0.400. The molecule has 0 radical (unpaired) electrons. The molecule has 3 nitrogen and oxygen atoms in total. The molecule has 0 spiro atoms. The maximum absolute atomic E-state index is 11.7. The Bertz CT molecular complexity index is 499. The van der Waals surface area contributed by atoms with Gasteiger partial charge < -0.3 is 10.4 Å². The van der Waals surface area contributed by atoms with Gasteiger partial charge in [0.05, 0.1) is 15.6 Å². The second kappa shape index (κ2) is 7.67. The molecule has 0 heterocycles. The molecule has 0 saturated heterocycles. The van der Waals surface area contributed by atoms with Crippen molar-refractivity contribution in [1.29, 1.82) is 0 Å². The van der Waals surface area contributed by atoms with Crippen molar-refractivity contribution in [1.82, 2.24) is 5.32 Å². The molecule has 20 heavy (non-hydrogen) atoms. The van der Waals surface area contributed by atoms with Gasteiger partial charge in [0.2, 0.25) is 5.91 Å². The van der Waals surface area contributed by atoms with Crippen LogP contribution in [0, 0.1) is 0 Å². The van der Waals surface area contributed by atoms with Crippen LogP contribution < -0.4 is 5.32 Å². The Morgan fingerprint density at radius 1 is 1.40 bits per heavy atom. The maximum atomic E-state index is 11.7. The molecule has 0 bridgehead atoms. The van der Waals surface area contributed by atoms with Crippen LogP contribution in [0.2, 0.25) is 10.0 Å². The van der Waals surface area contributed by atoms with E-state index in [0.29, 0.717) is 16.5 Å². The van der Waals surface area contributed by atoms with Crippen LogP contribution in [-0.2, 0) is 4.79 Å². The molecule has 0 saturated carbocycles. The van der Waals surface area contributed by atoms with Crippen LogP contribution in [0.15, 0.2) is 24.3 Å². The Hall–Kier alpha value is -1.03. The highest BCUT2D eigenvalue weighted by Crippen LogP contribution is 2.23. The van der Waals surface area contributed by atoms with E-state index in [1.165, 1.54) is 6.08 Å². The lowest BCUT2D eigenvalue weighted by atomic mass is 10.0. The van der Waals surface area contributed by atoms with Crippen molar-refractivity contribution < 1.29 is 9.90 Å². The number of aliphatic hydroxyl groups is 1. The minimum absolute atomic E-state index is 0.228. The third-order valence-corrected chi connectivity index (χ3v) is 3.54. The highest BCUT2D eigenvalue weighted by atomic mass is 35.5. The topological polar surface area (TPSA) is 49.3 Å². The van der Waals surface area contributed by atoms with Crippen molar-refractivity contribution in [3.8, 4) is 0 Å². The summed E-state index contributed by atoms with van der Waals surface area (Å²) in [6.07, 6.45) is 4.56. The summed E-state index contributed by atoms with van der Waals surface area (Å²) in [5, 5.41) is 13.5. The number of benzene rings is 1. The van der Waals surface area contributed by atoms with Gasteiger partial charge in [0.25, 0.3) is 0 Å². The second-order valence-electron chi connectivity index (χ2n) is 4.97. The monoisotopic (exact) mass is 315 g/mol. The van der Waals surface area contributed by atoms with E-state index in [-0.39, 0.29) is 12.5 Å². The first-order valence-corrected chi connectivity index (χ1v) is 7.23. The summed E-state index contributed by atoms with van der Waals surface area (Å²) in [6, 6.07) is 5.12. The van der Waals surface area contributed by atoms with Gasteiger partial charge in [-0.1, -0.05) is 42.6 Å². The normalized spacial score (nSPS) is 14.2. The van der Waals surface area contributed by atoms with Gasteiger partial charge in [-0.15, -0.1) is 0 Å². The lowest BCUT2D eigenvalue weighted by molar-refractivity contribution is -0.117. The Labute approximate surface area is 129 Å². The first kappa shape index (κ1) is 17.0. The van der Waals surface area contributed by atoms with Gasteiger partial charge in [0, 0.05) is 12.6 Å². The average Bonchev–Trinajstić information content (AvgIpc) is 2.38. The number of nitrogens with one attached hydrogen (secondary N) is 1. The first-order chi connectivity index (χ1) is 9.34. The van der Waals surface area contributed by atoms with Gasteiger partial charge in [-0.2, -0.15) is 0 Å². The Morgan fingerprint density at radius 2 is 2.10 bits per heavy atom. The zero-order valence-corrected chi connectivity index (χ0v) is 13.1. The van der Waals surface area contributed by atoms with Crippen LogP contribution in [0.4, 0.5) is 0 Å². The number of hydrogen-bond donors (Lipinski definition) is 2. The summed E-state index contributed by atoms with van der Waals surface area (Å²) < 4.78 is 0. The van der Waals surface area contributed by atoms with Gasteiger partial charge in [-0.05, 0) is 37.1 Å². The number of carbonyl (C=O) groups is 1. The molecule has 1 unspecified atom stereocenters. The average molecular weight is 316 g/mol. The minimum atomic E-state index is -0.873. The van der Waals surface area contributed by atoms with Gasteiger partial charge in [0.1, 0.15) is 0 Å². The molecule has 5 heteroatoms. The zero-order chi connectivity index (χ0) is 15.2. The van der Waals surface area contributed by atoms with Crippen LogP contribution in [-0.4, -0.2) is 23.2 Å². The molecule has 1 amide bonds. The number of halogens is 2. The molecule has 0 aromatic heterocycles. The molecular formula is C15H19Cl2NO2. The van der Waals surface area contributed by atoms with Crippen molar-refractivity contribution in [2.75, 3.05) is 6.54 Å². The molecule has 110 valence electrons. The van der Waals surface area contributed by atoms with E-state index in [9.17, 15) is 9.90 Å². The fourth-order valence-corrected chi connectivity index (χ4v) is 2.06. The number of rotatable bonds is 6. The molecule has 1 rings (SSSR count). The minimum Gasteiger partial charge on any atom is -0.388 e. The van der Waals surface area contributed by atoms with Crippen LogP contribution in [0.3, 0.4) is 0 Å². The molecule has 1 aromatic rings. The Kier molecular flexibility index (Phi) is 6.53. The zero-order valence-electron chi connectivity index (χ0n) is 11.6. The third kappa shape index (κ3) is 5.95. The van der Waals surface area contributed by atoms with Crippen LogP contribution >= 0.6 is 23.2 Å². The summed E-state index contributed by atoms with van der Waals surface area (Å²) in [4.78, 5) is 11.7. The standard InChI is InChI=1S/C15H19Cl2NO2/c1-3-8-15(2,20)10-18-14(19)7-5-11-4-6-12(16)13(17)9-11/h4-7,9,20H,3,8,10H2,1-2H3,(H,18,19)/b7-5+. The number of carbonyl (C=O) groups excluding carboxylic acids is 1. The number of hydrogen-bond acceptors (Lipinski definition) is 2. The van der Waals surface area contributed by atoms with E-state index in [1.54, 1.807) is 31.2 Å². The SMILES string of the molecule is CCCC(C)(O)CNC(=O)/C=C/c1ccc(Cl)c(Cl)c1. The predicted octanol–water partition coefficient (Wildman–Crippen LogP) is 3.67. The van der Waals surface area contributed by atoms with Crippen molar-refractivity contribution in [3.05, 3.63) is 39.9 Å². The summed E-state index contributed by atoms with van der Waals surface area (Å²) in [7, 11) is 0. The van der Waals surface area contributed by atoms with Gasteiger partial charge in [-0.25, -0.2) is 0 Å². The maximum Gasteiger partial charge on any atom is 0.244 e. The van der Waals surface area contributed by atoms with Gasteiger partial charge in [-0.3, -0.25) is 4.79 Å². The van der Waals surface area contributed by atoms with Gasteiger partial charge in [0.15, 0.2) is 0 Å². The smallest absolute Gasteiger partial charge is 0.244 e. The van der Waals surface area contributed by atoms with E-state index in [1.807, 2.05) is 6.92 Å². The lowest BCUT2D eigenvalue weighted by Gasteiger charge is -2.22. The molecule has 2 N–H and O–H groups in total. The second-order valence-corrected chi connectivity index (χ2v) is 5.79. The van der Waals surface area contributed by atoms with Crippen LogP contribution in [0.5, 0.6) is 0 Å². The number of amides is 1. The van der Waals surface area contributed by atoms with Crippen molar-refractivity contribution in [2.24, 2.45) is 0 Å². The Morgan fingerprint density at radius 3 is 2.70 bits per heavy atom. The predicted molar refractivity (Wildman–Crippen MR) is 84.0 cm³/mol. The van der Waals surface area contributed by atoms with Crippen molar-refractivity contribution in [2.45, 2.75) is 32.3 Å². The Balaban J connectivity index is 2.53. The summed E-state index contributed by atoms with van der Waals surface area (Å²) in [6.45, 7) is 3.92. The molecule has 0 aliphatic rings. The molecule has 0 aliphatic carbocycles. The van der Waals surface area contributed by atoms with Crippen molar-refractivity contribution >= 4 is 35.2 Å². The van der Waals surface area contributed by atoms with E-state index < -0.39 is 5.60 Å². The summed E-state index contributed by atoms with van der Waals surface area (Å²) in [5.74, 6) is -0.257. The van der Waals surface area contributed by atoms with Gasteiger partial charge >= 0.3 is 0 Å². The van der Waals surface area contributed by atoms with Crippen LogP contribution in [0.1, 0.15) is 32.3 Å². The molecular weight excluding hydrogens is 297 g/mol. The lowest BCUT2D eigenvalue weighted by Crippen LogP contribution is -2.39. The first-order valence-electron chi connectivity index (χ1n) is 6.47. The van der Waals surface area contributed by atoms with E-state index >= 15 is 0 Å². The largest absolute Gasteiger partial charge is 0.388 e. The molecule has 0 aliphatic heterocycles. The third-order valence-electron chi connectivity index (χ3n) is 2.80. The van der Waals surface area contributed by atoms with E-state index in [2.05, 4.69) is 5.32 Å². The van der Waals surface area contributed by atoms with E-state index in [0.717, 1.165) is 12.0 Å². The summed E-state index contributed by atoms with van der Waals surface area (Å²) in [5.41, 5.74) is -0.0863. The molecule has 0 fully saturated rings. The highest BCUT2D eigenvalue weighted by molar-refractivity contribution is 6.42. The van der Waals surface area contributed by atoms with E-state index in [4.69, 9.17) is 23.2 Å². The quantitative estimate of drug-likeness (QED) is 0.787. The highest BCUT2D eigenvalue weighted by Gasteiger charge is 2.19.